The van der Waals surface area contributed by atoms with Gasteiger partial charge < -0.3 is 10.6 Å². The standard InChI is InChI=1S/C9H20N2/c1-7(2)11-9-6-10-5-4-8(9)3/h7-11H,4-6H2,1-3H3/t8-,9+/m1/s1. The molecule has 0 bridgehead atoms. The average Bonchev–Trinajstić information content (AvgIpc) is 1.93. The predicted molar refractivity (Wildman–Crippen MR) is 48.7 cm³/mol. The van der Waals surface area contributed by atoms with Crippen LogP contribution in [0.4, 0.5) is 0 Å². The second-order valence-electron chi connectivity index (χ2n) is 3.90. The van der Waals surface area contributed by atoms with Crippen LogP contribution in [0.3, 0.4) is 0 Å². The minimum absolute atomic E-state index is 0.613. The van der Waals surface area contributed by atoms with Gasteiger partial charge in [-0.05, 0) is 18.9 Å². The largest absolute Gasteiger partial charge is 0.315 e. The molecule has 0 aromatic carbocycles. The smallest absolute Gasteiger partial charge is 0.0220 e. The molecule has 2 nitrogen and oxygen atoms in total. The van der Waals surface area contributed by atoms with E-state index in [0.29, 0.717) is 12.1 Å². The van der Waals surface area contributed by atoms with E-state index in [4.69, 9.17) is 0 Å². The molecule has 0 spiro atoms. The molecule has 0 unspecified atom stereocenters. The maximum Gasteiger partial charge on any atom is 0.0220 e. The van der Waals surface area contributed by atoms with E-state index >= 15 is 0 Å². The van der Waals surface area contributed by atoms with Crippen molar-refractivity contribution in [1.82, 2.24) is 10.6 Å². The van der Waals surface area contributed by atoms with Crippen molar-refractivity contribution in [2.75, 3.05) is 13.1 Å². The molecule has 0 saturated carbocycles. The number of nitrogens with one attached hydrogen (secondary N) is 2. The van der Waals surface area contributed by atoms with E-state index in [1.807, 2.05) is 0 Å². The third kappa shape index (κ3) is 2.80. The van der Waals surface area contributed by atoms with E-state index in [9.17, 15) is 0 Å². The highest BCUT2D eigenvalue weighted by molar-refractivity contribution is 4.81. The van der Waals surface area contributed by atoms with Crippen LogP contribution in [0.25, 0.3) is 0 Å². The van der Waals surface area contributed by atoms with Gasteiger partial charge in [-0.25, -0.2) is 0 Å². The van der Waals surface area contributed by atoms with E-state index in [-0.39, 0.29) is 0 Å². The van der Waals surface area contributed by atoms with Crippen LogP contribution in [0.1, 0.15) is 27.2 Å². The highest BCUT2D eigenvalue weighted by atomic mass is 15.0. The molecule has 0 radical (unpaired) electrons. The van der Waals surface area contributed by atoms with Gasteiger partial charge in [-0.1, -0.05) is 20.8 Å². The monoisotopic (exact) mass is 156 g/mol. The molecule has 1 saturated heterocycles. The first kappa shape index (κ1) is 9.01. The number of piperidine rings is 1. The van der Waals surface area contributed by atoms with Gasteiger partial charge in [0.25, 0.3) is 0 Å². The third-order valence-electron chi connectivity index (χ3n) is 2.38. The van der Waals surface area contributed by atoms with E-state index < -0.39 is 0 Å². The zero-order valence-corrected chi connectivity index (χ0v) is 7.85. The molecule has 2 atom stereocenters. The van der Waals surface area contributed by atoms with Crippen LogP contribution in [0.2, 0.25) is 0 Å². The van der Waals surface area contributed by atoms with Gasteiger partial charge in [-0.15, -0.1) is 0 Å². The van der Waals surface area contributed by atoms with Gasteiger partial charge in [0.1, 0.15) is 0 Å². The van der Waals surface area contributed by atoms with Crippen molar-refractivity contribution in [3.8, 4) is 0 Å². The summed E-state index contributed by atoms with van der Waals surface area (Å²) in [6, 6.07) is 1.30. The van der Waals surface area contributed by atoms with Gasteiger partial charge in [-0.2, -0.15) is 0 Å². The van der Waals surface area contributed by atoms with Gasteiger partial charge in [0.15, 0.2) is 0 Å². The number of rotatable bonds is 2. The lowest BCUT2D eigenvalue weighted by Gasteiger charge is -2.31. The molecule has 1 rings (SSSR count). The summed E-state index contributed by atoms with van der Waals surface area (Å²) >= 11 is 0. The van der Waals surface area contributed by atoms with Crippen LogP contribution >= 0.6 is 0 Å². The zero-order valence-electron chi connectivity index (χ0n) is 7.85. The Bertz CT molecular complexity index is 112. The Morgan fingerprint density at radius 1 is 1.45 bits per heavy atom. The topological polar surface area (TPSA) is 24.1 Å². The van der Waals surface area contributed by atoms with Crippen molar-refractivity contribution in [2.24, 2.45) is 5.92 Å². The quantitative estimate of drug-likeness (QED) is 0.623. The lowest BCUT2D eigenvalue weighted by Crippen LogP contribution is -2.50. The lowest BCUT2D eigenvalue weighted by atomic mass is 9.94. The van der Waals surface area contributed by atoms with Crippen LogP contribution in [-0.4, -0.2) is 25.2 Å². The molecule has 1 aliphatic heterocycles. The summed E-state index contributed by atoms with van der Waals surface area (Å²) in [7, 11) is 0. The highest BCUT2D eigenvalue weighted by Crippen LogP contribution is 2.11. The van der Waals surface area contributed by atoms with Crippen LogP contribution in [0.15, 0.2) is 0 Å². The third-order valence-corrected chi connectivity index (χ3v) is 2.38. The molecule has 66 valence electrons. The lowest BCUT2D eigenvalue weighted by molar-refractivity contribution is 0.282. The van der Waals surface area contributed by atoms with E-state index in [1.165, 1.54) is 13.0 Å². The summed E-state index contributed by atoms with van der Waals surface area (Å²) in [4.78, 5) is 0. The fourth-order valence-corrected chi connectivity index (χ4v) is 1.64. The van der Waals surface area contributed by atoms with Crippen LogP contribution < -0.4 is 10.6 Å². The molecule has 11 heavy (non-hydrogen) atoms. The molecule has 2 N–H and O–H groups in total. The van der Waals surface area contributed by atoms with Gasteiger partial charge in [0, 0.05) is 18.6 Å². The van der Waals surface area contributed by atoms with Gasteiger partial charge in [-0.3, -0.25) is 0 Å². The minimum Gasteiger partial charge on any atom is -0.315 e. The Balaban J connectivity index is 2.29. The van der Waals surface area contributed by atoms with Gasteiger partial charge in [0.05, 0.1) is 0 Å². The maximum absolute atomic E-state index is 3.57. The first-order valence-electron chi connectivity index (χ1n) is 4.67. The maximum atomic E-state index is 3.57. The molecular weight excluding hydrogens is 136 g/mol. The van der Waals surface area contributed by atoms with E-state index in [0.717, 1.165) is 12.5 Å². The first-order chi connectivity index (χ1) is 5.20. The molecule has 0 aromatic heterocycles. The van der Waals surface area contributed by atoms with Gasteiger partial charge in [0.2, 0.25) is 0 Å². The van der Waals surface area contributed by atoms with Crippen molar-refractivity contribution in [2.45, 2.75) is 39.3 Å². The van der Waals surface area contributed by atoms with Crippen LogP contribution in [-0.2, 0) is 0 Å². The molecule has 1 aliphatic rings. The Morgan fingerprint density at radius 2 is 2.18 bits per heavy atom. The van der Waals surface area contributed by atoms with Crippen molar-refractivity contribution in [1.29, 1.82) is 0 Å². The van der Waals surface area contributed by atoms with Crippen molar-refractivity contribution in [3.63, 3.8) is 0 Å². The van der Waals surface area contributed by atoms with Crippen molar-refractivity contribution in [3.05, 3.63) is 0 Å². The fraction of sp³-hybridized carbons (Fsp3) is 1.00. The summed E-state index contributed by atoms with van der Waals surface area (Å²) in [5.74, 6) is 0.832. The van der Waals surface area contributed by atoms with E-state index in [1.54, 1.807) is 0 Å². The highest BCUT2D eigenvalue weighted by Gasteiger charge is 2.20. The molecule has 0 amide bonds. The van der Waals surface area contributed by atoms with Crippen LogP contribution in [0.5, 0.6) is 0 Å². The molecule has 0 aromatic rings. The summed E-state index contributed by atoms with van der Waals surface area (Å²) in [6.07, 6.45) is 1.31. The first-order valence-corrected chi connectivity index (χ1v) is 4.67. The summed E-state index contributed by atoms with van der Waals surface area (Å²) in [6.45, 7) is 9.08. The Labute approximate surface area is 69.8 Å². The number of hydrogen-bond acceptors (Lipinski definition) is 2. The summed E-state index contributed by atoms with van der Waals surface area (Å²) in [5, 5.41) is 6.98. The summed E-state index contributed by atoms with van der Waals surface area (Å²) < 4.78 is 0. The minimum atomic E-state index is 0.613. The van der Waals surface area contributed by atoms with Gasteiger partial charge >= 0.3 is 0 Å². The Kier molecular flexibility index (Phi) is 3.34. The van der Waals surface area contributed by atoms with E-state index in [2.05, 4.69) is 31.4 Å². The summed E-state index contributed by atoms with van der Waals surface area (Å²) in [5.41, 5.74) is 0. The molecule has 1 heterocycles. The zero-order chi connectivity index (χ0) is 8.27. The molecule has 0 aliphatic carbocycles. The molecule has 2 heteroatoms. The predicted octanol–water partition coefficient (Wildman–Crippen LogP) is 0.982. The fourth-order valence-electron chi connectivity index (χ4n) is 1.64. The van der Waals surface area contributed by atoms with Crippen LogP contribution in [0, 0.1) is 5.92 Å². The normalized spacial score (nSPS) is 32.7. The Morgan fingerprint density at radius 3 is 2.73 bits per heavy atom. The molecule has 1 fully saturated rings. The van der Waals surface area contributed by atoms with Crippen molar-refractivity contribution < 1.29 is 0 Å². The average molecular weight is 156 g/mol. The SMILES string of the molecule is CC(C)N[C@H]1CNCC[C@H]1C. The number of hydrogen-bond donors (Lipinski definition) is 2. The Hall–Kier alpha value is -0.0800. The second kappa shape index (κ2) is 4.07. The van der Waals surface area contributed by atoms with Crippen molar-refractivity contribution >= 4 is 0 Å². The second-order valence-corrected chi connectivity index (χ2v) is 3.90. The molecular formula is C9H20N2.